The molecule has 0 unspecified atom stereocenters. The van der Waals surface area contributed by atoms with Crippen molar-refractivity contribution in [2.75, 3.05) is 31.1 Å². The number of benzene rings is 2. The molecule has 152 valence electrons. The van der Waals surface area contributed by atoms with E-state index in [1.807, 2.05) is 6.07 Å². The number of nitro groups is 1. The lowest BCUT2D eigenvalue weighted by atomic mass is 10.1. The highest BCUT2D eigenvalue weighted by Gasteiger charge is 2.31. The first kappa shape index (κ1) is 19.5. The normalized spacial score (nSPS) is 17.2. The van der Waals surface area contributed by atoms with E-state index >= 15 is 0 Å². The second-order valence-corrected chi connectivity index (χ2v) is 9.24. The van der Waals surface area contributed by atoms with Crippen LogP contribution in [0.3, 0.4) is 0 Å². The quantitative estimate of drug-likeness (QED) is 0.422. The van der Waals surface area contributed by atoms with Crippen LogP contribution in [0.5, 0.6) is 0 Å². The first-order valence-corrected chi connectivity index (χ1v) is 10.9. The van der Waals surface area contributed by atoms with E-state index in [1.54, 1.807) is 23.1 Å². The molecule has 0 spiro atoms. The summed E-state index contributed by atoms with van der Waals surface area (Å²) in [6.45, 7) is 1.16. The Balaban J connectivity index is 1.52. The molecule has 4 rings (SSSR count). The van der Waals surface area contributed by atoms with Gasteiger partial charge in [-0.25, -0.2) is 8.42 Å². The number of carbonyl (C=O) groups excluding carboxylic acids is 1. The molecule has 0 atom stereocenters. The van der Waals surface area contributed by atoms with Crippen molar-refractivity contribution in [3.8, 4) is 0 Å². The Bertz CT molecular complexity index is 1080. The molecule has 1 heterocycles. The van der Waals surface area contributed by atoms with Gasteiger partial charge in [-0.2, -0.15) is 4.31 Å². The van der Waals surface area contributed by atoms with Crippen LogP contribution in [0.25, 0.3) is 0 Å². The van der Waals surface area contributed by atoms with Crippen molar-refractivity contribution < 1.29 is 18.1 Å². The summed E-state index contributed by atoms with van der Waals surface area (Å²) in [5, 5.41) is 11.4. The number of hydrogen-bond acceptors (Lipinski definition) is 6. The Morgan fingerprint density at radius 2 is 1.69 bits per heavy atom. The average molecular weight is 415 g/mol. The zero-order valence-corrected chi connectivity index (χ0v) is 16.6. The highest BCUT2D eigenvalue weighted by atomic mass is 32.2. The summed E-state index contributed by atoms with van der Waals surface area (Å²) in [5.74, 6) is 0. The van der Waals surface area contributed by atoms with Gasteiger partial charge in [-0.15, -0.1) is 0 Å². The van der Waals surface area contributed by atoms with Gasteiger partial charge >= 0.3 is 0 Å². The van der Waals surface area contributed by atoms with Crippen LogP contribution in [-0.4, -0.2) is 50.1 Å². The van der Waals surface area contributed by atoms with Crippen molar-refractivity contribution in [1.82, 2.24) is 4.31 Å². The molecule has 0 bridgehead atoms. The Morgan fingerprint density at radius 3 is 2.38 bits per heavy atom. The van der Waals surface area contributed by atoms with Crippen molar-refractivity contribution >= 4 is 27.7 Å². The minimum absolute atomic E-state index is 0.149. The highest BCUT2D eigenvalue weighted by Crippen LogP contribution is 2.31. The molecule has 1 fully saturated rings. The van der Waals surface area contributed by atoms with Gasteiger partial charge in [-0.1, -0.05) is 6.07 Å². The number of rotatable bonds is 5. The summed E-state index contributed by atoms with van der Waals surface area (Å²) < 4.78 is 27.5. The Hall–Kier alpha value is -2.78. The van der Waals surface area contributed by atoms with Gasteiger partial charge in [-0.05, 0) is 54.7 Å². The zero-order valence-electron chi connectivity index (χ0n) is 15.8. The third-order valence-electron chi connectivity index (χ3n) is 5.62. The fourth-order valence-electron chi connectivity index (χ4n) is 4.05. The van der Waals surface area contributed by atoms with Gasteiger partial charge in [0.1, 0.15) is 12.0 Å². The molecular formula is C20H21N3O5S. The van der Waals surface area contributed by atoms with Crippen LogP contribution < -0.4 is 4.90 Å². The molecule has 0 N–H and O–H groups in total. The Kier molecular flexibility index (Phi) is 5.10. The number of aryl methyl sites for hydroxylation is 2. The largest absolute Gasteiger partial charge is 0.363 e. The van der Waals surface area contributed by atoms with Gasteiger partial charge in [0, 0.05) is 37.8 Å². The van der Waals surface area contributed by atoms with E-state index in [1.165, 1.54) is 22.0 Å². The Morgan fingerprint density at radius 1 is 0.966 bits per heavy atom. The van der Waals surface area contributed by atoms with Crippen LogP contribution in [0, 0.1) is 10.1 Å². The van der Waals surface area contributed by atoms with E-state index in [0.717, 1.165) is 24.8 Å². The third kappa shape index (κ3) is 3.63. The van der Waals surface area contributed by atoms with Gasteiger partial charge in [0.05, 0.1) is 9.82 Å². The lowest BCUT2D eigenvalue weighted by molar-refractivity contribution is -0.384. The second-order valence-electron chi connectivity index (χ2n) is 7.30. The predicted octanol–water partition coefficient (Wildman–Crippen LogP) is 2.41. The molecule has 1 saturated heterocycles. The number of nitro benzene ring substituents is 1. The number of piperazine rings is 1. The fraction of sp³-hybridized carbons (Fsp3) is 0.350. The van der Waals surface area contributed by atoms with Gasteiger partial charge in [-0.3, -0.25) is 14.9 Å². The van der Waals surface area contributed by atoms with Crippen LogP contribution in [-0.2, 0) is 22.9 Å². The Labute approximate surface area is 168 Å². The van der Waals surface area contributed by atoms with E-state index in [4.69, 9.17) is 0 Å². The number of aldehydes is 1. The molecular weight excluding hydrogens is 394 g/mol. The van der Waals surface area contributed by atoms with Crippen LogP contribution in [0.2, 0.25) is 0 Å². The van der Waals surface area contributed by atoms with E-state index in [9.17, 15) is 23.3 Å². The molecule has 1 aliphatic carbocycles. The fourth-order valence-corrected chi connectivity index (χ4v) is 5.53. The van der Waals surface area contributed by atoms with Crippen molar-refractivity contribution in [2.45, 2.75) is 24.2 Å². The standard InChI is InChI=1S/C20H21N3O5S/c24-14-15-4-7-19(20(12-15)23(25)26)21-8-10-22(11-9-21)29(27,28)18-6-5-16-2-1-3-17(16)13-18/h4-7,12-14H,1-3,8-11H2. The molecule has 0 radical (unpaired) electrons. The van der Waals surface area contributed by atoms with Crippen molar-refractivity contribution in [3.05, 3.63) is 63.2 Å². The second kappa shape index (κ2) is 7.57. The minimum atomic E-state index is -3.60. The molecule has 29 heavy (non-hydrogen) atoms. The molecule has 0 saturated carbocycles. The smallest absolute Gasteiger partial charge is 0.293 e. The number of carbonyl (C=O) groups is 1. The van der Waals surface area contributed by atoms with E-state index < -0.39 is 14.9 Å². The maximum atomic E-state index is 13.0. The summed E-state index contributed by atoms with van der Waals surface area (Å²) in [6.07, 6.45) is 3.53. The van der Waals surface area contributed by atoms with Gasteiger partial charge in [0.2, 0.25) is 10.0 Å². The van der Waals surface area contributed by atoms with Crippen molar-refractivity contribution in [3.63, 3.8) is 0 Å². The summed E-state index contributed by atoms with van der Waals surface area (Å²) in [5.41, 5.74) is 2.81. The van der Waals surface area contributed by atoms with E-state index in [2.05, 4.69) is 0 Å². The predicted molar refractivity (Wildman–Crippen MR) is 108 cm³/mol. The average Bonchev–Trinajstić information content (AvgIpc) is 3.21. The summed E-state index contributed by atoms with van der Waals surface area (Å²) in [6, 6.07) is 9.69. The van der Waals surface area contributed by atoms with Crippen LogP contribution in [0.15, 0.2) is 41.3 Å². The number of anilines is 1. The molecule has 2 aliphatic rings. The van der Waals surface area contributed by atoms with Gasteiger partial charge in [0.25, 0.3) is 5.69 Å². The minimum Gasteiger partial charge on any atom is -0.363 e. The number of nitrogens with zero attached hydrogens (tertiary/aromatic N) is 3. The maximum Gasteiger partial charge on any atom is 0.293 e. The van der Waals surface area contributed by atoms with Gasteiger partial charge in [0.15, 0.2) is 0 Å². The first-order valence-electron chi connectivity index (χ1n) is 9.50. The maximum absolute atomic E-state index is 13.0. The monoisotopic (exact) mass is 415 g/mol. The summed E-state index contributed by atoms with van der Waals surface area (Å²) in [7, 11) is -3.60. The molecule has 0 amide bonds. The topological polar surface area (TPSA) is 101 Å². The molecule has 2 aromatic carbocycles. The molecule has 8 nitrogen and oxygen atoms in total. The first-order chi connectivity index (χ1) is 13.9. The van der Waals surface area contributed by atoms with Crippen molar-refractivity contribution in [1.29, 1.82) is 0 Å². The molecule has 9 heteroatoms. The summed E-state index contributed by atoms with van der Waals surface area (Å²) in [4.78, 5) is 23.9. The van der Waals surface area contributed by atoms with Gasteiger partial charge < -0.3 is 4.90 Å². The zero-order chi connectivity index (χ0) is 20.6. The molecule has 0 aromatic heterocycles. The SMILES string of the molecule is O=Cc1ccc(N2CCN(S(=O)(=O)c3ccc4c(c3)CCC4)CC2)c([N+](=O)[O-])c1. The van der Waals surface area contributed by atoms with Crippen LogP contribution in [0.4, 0.5) is 11.4 Å². The van der Waals surface area contributed by atoms with E-state index in [0.29, 0.717) is 30.0 Å². The van der Waals surface area contributed by atoms with E-state index in [-0.39, 0.29) is 24.3 Å². The highest BCUT2D eigenvalue weighted by molar-refractivity contribution is 7.89. The number of hydrogen-bond donors (Lipinski definition) is 0. The van der Waals surface area contributed by atoms with Crippen molar-refractivity contribution in [2.24, 2.45) is 0 Å². The molecule has 1 aliphatic heterocycles. The lowest BCUT2D eigenvalue weighted by Gasteiger charge is -2.35. The van der Waals surface area contributed by atoms with Crippen LogP contribution >= 0.6 is 0 Å². The lowest BCUT2D eigenvalue weighted by Crippen LogP contribution is -2.48. The van der Waals surface area contributed by atoms with Crippen LogP contribution in [0.1, 0.15) is 27.9 Å². The molecule has 2 aromatic rings. The number of fused-ring (bicyclic) bond motifs is 1. The third-order valence-corrected chi connectivity index (χ3v) is 7.51. The number of sulfonamides is 1. The summed E-state index contributed by atoms with van der Waals surface area (Å²) >= 11 is 0.